The number of hydrogen-bond acceptors (Lipinski definition) is 11. The van der Waals surface area contributed by atoms with Crippen LogP contribution in [0.2, 0.25) is 20.1 Å². The van der Waals surface area contributed by atoms with E-state index in [1.807, 2.05) is 38.2 Å². The van der Waals surface area contributed by atoms with E-state index in [-0.39, 0.29) is 139 Å². The van der Waals surface area contributed by atoms with Gasteiger partial charge < -0.3 is 59.5 Å². The summed E-state index contributed by atoms with van der Waals surface area (Å²) in [5.74, 6) is -0.274. The topological polar surface area (TPSA) is 215 Å². The van der Waals surface area contributed by atoms with Crippen LogP contribution in [0, 0.1) is 14.4 Å². The molecule has 0 saturated carbocycles. The Morgan fingerprint density at radius 2 is 1.14 bits per heavy atom. The summed E-state index contributed by atoms with van der Waals surface area (Å²) in [4.78, 5) is 26.6. The van der Waals surface area contributed by atoms with Crippen molar-refractivity contribution in [2.75, 3.05) is 106 Å². The maximum atomic E-state index is 13.1. The van der Waals surface area contributed by atoms with Gasteiger partial charge in [0.2, 0.25) is 20.0 Å². The molecule has 6 N–H and O–H groups in total. The number of unbranched alkanes of at least 4 members (excludes halogenated alkanes) is 1. The van der Waals surface area contributed by atoms with Crippen LogP contribution < -0.4 is 49.6 Å². The molecule has 416 valence electrons. The molecule has 4 aromatic rings. The van der Waals surface area contributed by atoms with E-state index in [0.717, 1.165) is 39.8 Å². The Bertz CT molecular complexity index is 2680. The largest absolute Gasteiger partial charge is 1.00 e. The average molecular weight is 1170 g/mol. The fraction of sp³-hybridized carbons (Fsp3) is 0.462. The molecule has 2 atom stereocenters. The van der Waals surface area contributed by atoms with Gasteiger partial charge in [-0.15, -0.1) is 5.92 Å². The number of likely N-dealkylation sites (N-methyl/N-ethyl adjacent to an activating group) is 1. The molecule has 17 nitrogen and oxygen atoms in total. The third-order valence-corrected chi connectivity index (χ3v) is 15.8. The summed E-state index contributed by atoms with van der Waals surface area (Å²) in [5.41, 5.74) is 5.56. The predicted molar refractivity (Wildman–Crippen MR) is 297 cm³/mol. The first kappa shape index (κ1) is 67.1. The zero-order chi connectivity index (χ0) is 53.5. The molecule has 0 radical (unpaired) electrons. The Kier molecular flexibility index (Phi) is 30.6. The van der Waals surface area contributed by atoms with E-state index in [1.54, 1.807) is 48.5 Å². The Balaban J connectivity index is 0.00000760. The number of urea groups is 2. The molecular weight excluding hydrogens is 1100 g/mol. The van der Waals surface area contributed by atoms with Crippen molar-refractivity contribution in [3.8, 4) is 0 Å². The van der Waals surface area contributed by atoms with E-state index in [0.29, 0.717) is 65.5 Å². The second-order valence-corrected chi connectivity index (χ2v) is 22.7. The van der Waals surface area contributed by atoms with E-state index in [9.17, 15) is 26.4 Å². The van der Waals surface area contributed by atoms with Crippen LogP contribution in [0.3, 0.4) is 0 Å². The van der Waals surface area contributed by atoms with Crippen molar-refractivity contribution in [3.63, 3.8) is 0 Å². The summed E-state index contributed by atoms with van der Waals surface area (Å²) in [5, 5.41) is 13.2. The molecule has 24 heteroatoms. The number of carbonyl (C=O) groups excluding carboxylic acids is 2. The first-order valence-corrected chi connectivity index (χ1v) is 28.9. The van der Waals surface area contributed by atoms with Crippen LogP contribution in [0.5, 0.6) is 0 Å². The van der Waals surface area contributed by atoms with Gasteiger partial charge in [0.05, 0.1) is 62.6 Å². The number of nitrogens with zero attached hydrogens (tertiary/aromatic N) is 1. The molecule has 1 unspecified atom stereocenters. The van der Waals surface area contributed by atoms with E-state index in [1.165, 1.54) is 0 Å². The number of hydrogen-bond donors (Lipinski definition) is 6. The molecule has 4 amide bonds. The molecule has 0 bridgehead atoms. The molecule has 0 saturated heterocycles. The predicted octanol–water partition coefficient (Wildman–Crippen LogP) is 4.76. The Labute approximate surface area is 482 Å². The normalized spacial score (nSPS) is 14.0. The molecule has 76 heavy (non-hydrogen) atoms. The number of benzene rings is 4. The van der Waals surface area contributed by atoms with Crippen LogP contribution in [0.15, 0.2) is 82.6 Å². The standard InChI is InChI=1S/C51H68Cl4N7O10S2.CH3.Li/c1-4-43-44(30-39(52)32-48(43)54)36(2)27-37-9-7-11-41(28-37)73(65,66)60-17-21-71-25-23-69-19-15-58-50(63)56-13-5-6-14-57-51(64)59-16-20-70-24-26-72-22-18-61-74(67,68)42-12-8-10-38(29-42)46-34-62(3)35-47-45(46)31-40(53)33-49(47)55;;/h7-12,28-33,36,46,60-61H,2,4-6,13-27,34-35H2,1,3H3,(H2,56,58,63)(H2,57,59,64);1H3;/q2*-1;+1/t36?,46-;;/m0../s1. The fourth-order valence-electron chi connectivity index (χ4n) is 8.18. The molecule has 1 heterocycles. The van der Waals surface area contributed by atoms with Crippen molar-refractivity contribution in [2.45, 2.75) is 60.8 Å². The third-order valence-electron chi connectivity index (χ3n) is 11.8. The molecule has 4 aromatic carbocycles. The van der Waals surface area contributed by atoms with Crippen molar-refractivity contribution in [1.82, 2.24) is 35.6 Å². The minimum atomic E-state index is -3.79. The van der Waals surface area contributed by atoms with E-state index in [2.05, 4.69) is 42.5 Å². The molecule has 1 aliphatic rings. The maximum Gasteiger partial charge on any atom is 1.00 e. The van der Waals surface area contributed by atoms with Crippen molar-refractivity contribution in [3.05, 3.63) is 141 Å². The molecule has 0 spiro atoms. The number of rotatable bonds is 32. The van der Waals surface area contributed by atoms with Crippen LogP contribution >= 0.6 is 46.4 Å². The van der Waals surface area contributed by atoms with Crippen LogP contribution in [-0.4, -0.2) is 140 Å². The summed E-state index contributed by atoms with van der Waals surface area (Å²) in [7, 11) is -5.57. The van der Waals surface area contributed by atoms with Crippen LogP contribution in [0.1, 0.15) is 65.0 Å². The molecule has 1 aliphatic heterocycles. The molecule has 0 aromatic heterocycles. The minimum Gasteiger partial charge on any atom is -0.378 e. The zero-order valence-corrected chi connectivity index (χ0v) is 48.4. The van der Waals surface area contributed by atoms with Crippen molar-refractivity contribution < 1.29 is 64.2 Å². The Morgan fingerprint density at radius 3 is 1.70 bits per heavy atom. The van der Waals surface area contributed by atoms with Crippen LogP contribution in [-0.2, 0) is 58.4 Å². The molecule has 5 rings (SSSR count). The second-order valence-electron chi connectivity index (χ2n) is 17.5. The number of ether oxygens (including phenoxy) is 4. The summed E-state index contributed by atoms with van der Waals surface area (Å²) in [6, 6.07) is 20.2. The van der Waals surface area contributed by atoms with E-state index in [4.69, 9.17) is 65.4 Å². The summed E-state index contributed by atoms with van der Waals surface area (Å²) in [6.45, 7) is 11.1. The van der Waals surface area contributed by atoms with Gasteiger partial charge in [-0.25, -0.2) is 35.9 Å². The molecule has 0 aliphatic carbocycles. The zero-order valence-electron chi connectivity index (χ0n) is 43.8. The first-order valence-electron chi connectivity index (χ1n) is 24.5. The van der Waals surface area contributed by atoms with Gasteiger partial charge in [0, 0.05) is 78.4 Å². The second kappa shape index (κ2) is 34.7. The maximum absolute atomic E-state index is 13.1. The number of sulfonamides is 2. The van der Waals surface area contributed by atoms with Gasteiger partial charge >= 0.3 is 30.9 Å². The van der Waals surface area contributed by atoms with Gasteiger partial charge in [-0.1, -0.05) is 83.2 Å². The van der Waals surface area contributed by atoms with Crippen LogP contribution in [0.25, 0.3) is 0 Å². The number of carbonyl (C=O) groups is 2. The number of nitrogens with one attached hydrogen (secondary N) is 6. The van der Waals surface area contributed by atoms with E-state index < -0.39 is 20.0 Å². The fourth-order valence-corrected chi connectivity index (χ4v) is 11.5. The van der Waals surface area contributed by atoms with Gasteiger partial charge in [-0.3, -0.25) is 0 Å². The van der Waals surface area contributed by atoms with Crippen molar-refractivity contribution in [2.24, 2.45) is 0 Å². The quantitative estimate of drug-likeness (QED) is 0.0223. The number of halogens is 4. The minimum absolute atomic E-state index is 0. The van der Waals surface area contributed by atoms with Gasteiger partial charge in [0.15, 0.2) is 0 Å². The Morgan fingerprint density at radius 1 is 0.658 bits per heavy atom. The molecular formula is C52H71Cl4LiN7O10S2-. The number of fused-ring (bicyclic) bond motifs is 1. The van der Waals surface area contributed by atoms with Crippen molar-refractivity contribution >= 4 is 78.5 Å². The smallest absolute Gasteiger partial charge is 0.378 e. The Hall–Kier alpha value is -3.20. The SMILES string of the molecule is [CH2-]C(Cc1cccc(S(=O)(=O)NCCOCCOCCNC(=O)NCCCCNC(=O)NCCOCCOCCNS(=O)(=O)c2cccc([C@@H]3CN(C)Cc4c(Cl)cc(Cl)cc43)c2)c1)c1cc(Cl)cc(Cl)c1CC.[CH3-].[Li+]. The van der Waals surface area contributed by atoms with Crippen LogP contribution in [0.4, 0.5) is 9.59 Å². The third kappa shape index (κ3) is 22.5. The van der Waals surface area contributed by atoms with Gasteiger partial charge in [0.1, 0.15) is 0 Å². The average Bonchev–Trinajstić information content (AvgIpc) is 3.36. The monoisotopic (exact) mass is 1160 g/mol. The summed E-state index contributed by atoms with van der Waals surface area (Å²) in [6.07, 6.45) is 2.53. The number of amides is 4. The first-order chi connectivity index (χ1) is 35.5. The summed E-state index contributed by atoms with van der Waals surface area (Å²) < 4.78 is 79.4. The van der Waals surface area contributed by atoms with Gasteiger partial charge in [-0.05, 0) is 109 Å². The van der Waals surface area contributed by atoms with Gasteiger partial charge in [-0.2, -0.15) is 0 Å². The molecule has 0 fully saturated rings. The van der Waals surface area contributed by atoms with E-state index >= 15 is 0 Å². The summed E-state index contributed by atoms with van der Waals surface area (Å²) >= 11 is 25.5. The van der Waals surface area contributed by atoms with Crippen molar-refractivity contribution in [1.29, 1.82) is 0 Å². The van der Waals surface area contributed by atoms with Gasteiger partial charge in [0.25, 0.3) is 0 Å².